The van der Waals surface area contributed by atoms with Crippen LogP contribution >= 0.6 is 15.9 Å². The van der Waals surface area contributed by atoms with Crippen molar-refractivity contribution in [1.82, 2.24) is 20.2 Å². The fourth-order valence-electron chi connectivity index (χ4n) is 1.93. The van der Waals surface area contributed by atoms with Crippen LogP contribution in [-0.2, 0) is 0 Å². The Bertz CT molecular complexity index is 694. The van der Waals surface area contributed by atoms with E-state index in [0.717, 1.165) is 21.8 Å². The molecule has 0 aliphatic heterocycles. The lowest BCUT2D eigenvalue weighted by molar-refractivity contribution is 0.471. The molecule has 7 heteroatoms. The maximum atomic E-state index is 5.56. The number of benzene rings is 1. The van der Waals surface area contributed by atoms with Crippen LogP contribution in [0.4, 0.5) is 5.69 Å². The van der Waals surface area contributed by atoms with Gasteiger partial charge in [0.05, 0.1) is 17.4 Å². The van der Waals surface area contributed by atoms with Crippen LogP contribution in [0.1, 0.15) is 18.7 Å². The smallest absolute Gasteiger partial charge is 0.169 e. The summed E-state index contributed by atoms with van der Waals surface area (Å²) < 4.78 is 7.89. The summed E-state index contributed by atoms with van der Waals surface area (Å²) >= 11 is 3.31. The Kier molecular flexibility index (Phi) is 3.51. The molecule has 3 aromatic rings. The van der Waals surface area contributed by atoms with E-state index in [4.69, 9.17) is 4.42 Å². The molecule has 0 saturated carbocycles. The van der Waals surface area contributed by atoms with Crippen molar-refractivity contribution < 1.29 is 4.42 Å². The number of anilines is 1. The van der Waals surface area contributed by atoms with Crippen molar-refractivity contribution in [3.63, 3.8) is 0 Å². The number of nitrogens with zero attached hydrogens (tertiary/aromatic N) is 4. The van der Waals surface area contributed by atoms with Crippen molar-refractivity contribution in [2.75, 3.05) is 5.32 Å². The molecule has 3 rings (SSSR count). The molecule has 1 aromatic carbocycles. The number of hydrogen-bond donors (Lipinski definition) is 1. The van der Waals surface area contributed by atoms with E-state index in [-0.39, 0.29) is 6.04 Å². The summed E-state index contributed by atoms with van der Waals surface area (Å²) in [5, 5.41) is 14.6. The second-order valence-corrected chi connectivity index (χ2v) is 5.06. The maximum Gasteiger partial charge on any atom is 0.169 e. The van der Waals surface area contributed by atoms with E-state index >= 15 is 0 Å². The Morgan fingerprint density at radius 1 is 1.25 bits per heavy atom. The number of halogens is 1. The van der Waals surface area contributed by atoms with E-state index < -0.39 is 0 Å². The Morgan fingerprint density at radius 3 is 2.80 bits per heavy atom. The SMILES string of the molecule is CC(Nc1ccccc1-n1cnnn1)c1ccc(Br)o1. The first-order valence-corrected chi connectivity index (χ1v) is 6.87. The van der Waals surface area contributed by atoms with Gasteiger partial charge in [-0.15, -0.1) is 5.10 Å². The van der Waals surface area contributed by atoms with Gasteiger partial charge in [0.1, 0.15) is 12.1 Å². The standard InChI is InChI=1S/C13H12BrN5O/c1-9(12-6-7-13(14)20-12)16-10-4-2-3-5-11(10)19-8-15-17-18-19/h2-9,16H,1H3. The van der Waals surface area contributed by atoms with Gasteiger partial charge in [-0.25, -0.2) is 0 Å². The summed E-state index contributed by atoms with van der Waals surface area (Å²) in [6.45, 7) is 2.03. The minimum atomic E-state index is 0.0268. The van der Waals surface area contributed by atoms with Gasteiger partial charge < -0.3 is 9.73 Å². The third-order valence-electron chi connectivity index (χ3n) is 2.89. The van der Waals surface area contributed by atoms with E-state index in [1.165, 1.54) is 0 Å². The lowest BCUT2D eigenvalue weighted by Crippen LogP contribution is -2.09. The monoisotopic (exact) mass is 333 g/mol. The molecular weight excluding hydrogens is 322 g/mol. The first-order chi connectivity index (χ1) is 9.74. The fraction of sp³-hybridized carbons (Fsp3) is 0.154. The van der Waals surface area contributed by atoms with Gasteiger partial charge in [-0.05, 0) is 57.5 Å². The van der Waals surface area contributed by atoms with Gasteiger partial charge in [0.15, 0.2) is 4.67 Å². The zero-order valence-electron chi connectivity index (χ0n) is 10.7. The largest absolute Gasteiger partial charge is 0.452 e. The highest BCUT2D eigenvalue weighted by molar-refractivity contribution is 9.10. The third-order valence-corrected chi connectivity index (χ3v) is 3.32. The van der Waals surface area contributed by atoms with Crippen LogP contribution in [0.25, 0.3) is 5.69 Å². The predicted molar refractivity (Wildman–Crippen MR) is 77.6 cm³/mol. The number of nitrogens with one attached hydrogen (secondary N) is 1. The highest BCUT2D eigenvalue weighted by atomic mass is 79.9. The molecule has 1 N–H and O–H groups in total. The quantitative estimate of drug-likeness (QED) is 0.794. The molecule has 2 heterocycles. The van der Waals surface area contributed by atoms with Crippen LogP contribution in [0.3, 0.4) is 0 Å². The van der Waals surface area contributed by atoms with Crippen LogP contribution in [0, 0.1) is 0 Å². The molecule has 0 amide bonds. The highest BCUT2D eigenvalue weighted by Gasteiger charge is 2.12. The van der Waals surface area contributed by atoms with Gasteiger partial charge in [-0.2, -0.15) is 4.68 Å². The Balaban J connectivity index is 1.88. The zero-order chi connectivity index (χ0) is 13.9. The third kappa shape index (κ3) is 2.57. The number of hydrogen-bond acceptors (Lipinski definition) is 5. The van der Waals surface area contributed by atoms with Crippen LogP contribution < -0.4 is 5.32 Å². The Labute approximate surface area is 123 Å². The molecule has 0 radical (unpaired) electrons. The van der Waals surface area contributed by atoms with Crippen LogP contribution in [-0.4, -0.2) is 20.2 Å². The molecule has 102 valence electrons. The molecule has 20 heavy (non-hydrogen) atoms. The van der Waals surface area contributed by atoms with Crippen molar-refractivity contribution in [1.29, 1.82) is 0 Å². The lowest BCUT2D eigenvalue weighted by atomic mass is 10.2. The van der Waals surface area contributed by atoms with Crippen molar-refractivity contribution in [2.45, 2.75) is 13.0 Å². The molecule has 1 unspecified atom stereocenters. The number of furan rings is 1. The number of para-hydroxylation sites is 2. The molecule has 0 bridgehead atoms. The molecule has 6 nitrogen and oxygen atoms in total. The van der Waals surface area contributed by atoms with Crippen molar-refractivity contribution in [3.05, 3.63) is 53.2 Å². The molecule has 0 saturated heterocycles. The normalized spacial score (nSPS) is 12.3. The summed E-state index contributed by atoms with van der Waals surface area (Å²) in [5.74, 6) is 0.850. The molecule has 0 fully saturated rings. The minimum Gasteiger partial charge on any atom is -0.452 e. The first kappa shape index (κ1) is 12.9. The van der Waals surface area contributed by atoms with Crippen LogP contribution in [0.5, 0.6) is 0 Å². The molecule has 0 aliphatic rings. The minimum absolute atomic E-state index is 0.0268. The topological polar surface area (TPSA) is 68.8 Å². The molecule has 1 atom stereocenters. The predicted octanol–water partition coefficient (Wildman–Crippen LogP) is 3.19. The summed E-state index contributed by atoms with van der Waals surface area (Å²) in [6.07, 6.45) is 1.56. The number of aromatic nitrogens is 4. The lowest BCUT2D eigenvalue weighted by Gasteiger charge is -2.15. The van der Waals surface area contributed by atoms with Gasteiger partial charge in [0.2, 0.25) is 0 Å². The fourth-order valence-corrected chi connectivity index (χ4v) is 2.25. The Morgan fingerprint density at radius 2 is 2.10 bits per heavy atom. The van der Waals surface area contributed by atoms with Gasteiger partial charge >= 0.3 is 0 Å². The Hall–Kier alpha value is -2.15. The number of tetrazole rings is 1. The second kappa shape index (κ2) is 5.46. The van der Waals surface area contributed by atoms with Gasteiger partial charge in [-0.1, -0.05) is 12.1 Å². The van der Waals surface area contributed by atoms with Crippen LogP contribution in [0.15, 0.2) is 51.8 Å². The molecule has 2 aromatic heterocycles. The van der Waals surface area contributed by atoms with E-state index in [9.17, 15) is 0 Å². The molecule has 0 spiro atoms. The maximum absolute atomic E-state index is 5.56. The average Bonchev–Trinajstić information content (AvgIpc) is 3.10. The van der Waals surface area contributed by atoms with Crippen molar-refractivity contribution in [3.8, 4) is 5.69 Å². The second-order valence-electron chi connectivity index (χ2n) is 4.28. The van der Waals surface area contributed by atoms with E-state index in [2.05, 4.69) is 36.8 Å². The summed E-state index contributed by atoms with van der Waals surface area (Å²) in [6, 6.07) is 11.7. The number of rotatable bonds is 4. The van der Waals surface area contributed by atoms with E-state index in [1.54, 1.807) is 11.0 Å². The molecule has 0 aliphatic carbocycles. The highest BCUT2D eigenvalue weighted by Crippen LogP contribution is 2.26. The van der Waals surface area contributed by atoms with Gasteiger partial charge in [-0.3, -0.25) is 0 Å². The van der Waals surface area contributed by atoms with Gasteiger partial charge in [0, 0.05) is 0 Å². The summed E-state index contributed by atoms with van der Waals surface area (Å²) in [7, 11) is 0. The average molecular weight is 334 g/mol. The van der Waals surface area contributed by atoms with Crippen molar-refractivity contribution in [2.24, 2.45) is 0 Å². The summed E-state index contributed by atoms with van der Waals surface area (Å²) in [4.78, 5) is 0. The zero-order valence-corrected chi connectivity index (χ0v) is 12.3. The summed E-state index contributed by atoms with van der Waals surface area (Å²) in [5.41, 5.74) is 1.81. The van der Waals surface area contributed by atoms with E-state index in [1.807, 2.05) is 43.3 Å². The molecular formula is C13H12BrN5O. The van der Waals surface area contributed by atoms with Gasteiger partial charge in [0.25, 0.3) is 0 Å². The first-order valence-electron chi connectivity index (χ1n) is 6.08. The van der Waals surface area contributed by atoms with Crippen LogP contribution in [0.2, 0.25) is 0 Å². The van der Waals surface area contributed by atoms with E-state index in [0.29, 0.717) is 0 Å². The van der Waals surface area contributed by atoms with Crippen molar-refractivity contribution >= 4 is 21.6 Å².